The Labute approximate surface area is 232 Å². The van der Waals surface area contributed by atoms with Crippen LogP contribution in [0.25, 0.3) is 10.9 Å². The zero-order valence-corrected chi connectivity index (χ0v) is 23.1. The molecule has 7 rings (SSSR count). The summed E-state index contributed by atoms with van der Waals surface area (Å²) in [6, 6.07) is 1.92. The van der Waals surface area contributed by atoms with Crippen LogP contribution in [0.2, 0.25) is 0 Å². The average molecular weight is 560 g/mol. The van der Waals surface area contributed by atoms with Crippen molar-refractivity contribution in [3.05, 3.63) is 34.1 Å². The molecule has 5 heterocycles. The van der Waals surface area contributed by atoms with Crippen molar-refractivity contribution in [1.82, 2.24) is 20.5 Å². The summed E-state index contributed by atoms with van der Waals surface area (Å²) in [7, 11) is 0. The number of carboxylic acid groups (broad SMARTS) is 1. The molecule has 0 radical (unpaired) electrons. The third-order valence-electron chi connectivity index (χ3n) is 9.25. The third kappa shape index (κ3) is 5.31. The van der Waals surface area contributed by atoms with Gasteiger partial charge in [-0.25, -0.2) is 13.6 Å². The molecule has 0 spiro atoms. The molecule has 4 saturated heterocycles. The quantitative estimate of drug-likeness (QED) is 0.425. The van der Waals surface area contributed by atoms with E-state index < -0.39 is 29.0 Å². The lowest BCUT2D eigenvalue weighted by atomic mass is 9.88. The van der Waals surface area contributed by atoms with Gasteiger partial charge in [0.2, 0.25) is 5.43 Å². The number of pyridine rings is 1. The molecule has 4 N–H and O–H groups in total. The second-order valence-corrected chi connectivity index (χ2v) is 12.5. The first kappa shape index (κ1) is 27.4. The van der Waals surface area contributed by atoms with Gasteiger partial charge in [0.15, 0.2) is 11.6 Å². The number of fused-ring (bicyclic) bond motifs is 3. The van der Waals surface area contributed by atoms with E-state index in [0.29, 0.717) is 24.9 Å². The number of anilines is 1. The van der Waals surface area contributed by atoms with E-state index in [4.69, 9.17) is 5.11 Å². The predicted molar refractivity (Wildman–Crippen MR) is 148 cm³/mol. The molecule has 1 aromatic carbocycles. The number of halogens is 2. The molecule has 2 aromatic rings. The molecule has 5 fully saturated rings. The molecule has 4 aliphatic heterocycles. The first-order valence-corrected chi connectivity index (χ1v) is 14.6. The van der Waals surface area contributed by atoms with Gasteiger partial charge in [0.05, 0.1) is 17.1 Å². The number of ether oxygens (including phenoxy) is 1. The first-order chi connectivity index (χ1) is 19.2. The van der Waals surface area contributed by atoms with Crippen LogP contribution >= 0.6 is 0 Å². The van der Waals surface area contributed by atoms with Crippen LogP contribution in [0, 0.1) is 35.3 Å². The molecule has 9 nitrogen and oxygen atoms in total. The smallest absolute Gasteiger partial charge is 0.449 e. The Morgan fingerprint density at radius 1 is 1.00 bits per heavy atom. The maximum absolute atomic E-state index is 15.7. The molecular formula is C29H39F2N5O4. The van der Waals surface area contributed by atoms with Crippen LogP contribution < -0.4 is 31.0 Å². The van der Waals surface area contributed by atoms with Gasteiger partial charge in [0.1, 0.15) is 11.5 Å². The molecule has 6 unspecified atom stereocenters. The summed E-state index contributed by atoms with van der Waals surface area (Å²) in [4.78, 5) is 25.3. The molecule has 40 heavy (non-hydrogen) atoms. The standard InChI is InChI=1S/C21H23F2N3O4.C8H16N2/c1-10-4-11-7-25(8-15(11)24-6-10)19-14(22)5-13-18(17(19)23)26(12-2-3-12)9-16(20(13)27)30-21(28)29;1-6-2-7-4-9-5-8(7)10-3-6/h5,9-12,15,24H,2-4,6-8H2,1H3,(H,28,29);6-10H,2-5H2,1H3. The Kier molecular flexibility index (Phi) is 7.47. The highest BCUT2D eigenvalue weighted by Crippen LogP contribution is 2.41. The zero-order chi connectivity index (χ0) is 28.1. The van der Waals surface area contributed by atoms with Crippen LogP contribution in [0.4, 0.5) is 19.3 Å². The van der Waals surface area contributed by atoms with Crippen molar-refractivity contribution in [1.29, 1.82) is 0 Å². The summed E-state index contributed by atoms with van der Waals surface area (Å²) in [5.41, 5.74) is -0.945. The first-order valence-electron chi connectivity index (χ1n) is 14.6. The zero-order valence-electron chi connectivity index (χ0n) is 23.1. The summed E-state index contributed by atoms with van der Waals surface area (Å²) >= 11 is 0. The van der Waals surface area contributed by atoms with Gasteiger partial charge >= 0.3 is 6.16 Å². The Bertz CT molecular complexity index is 1350. The Morgan fingerprint density at radius 2 is 1.70 bits per heavy atom. The highest BCUT2D eigenvalue weighted by molar-refractivity contribution is 5.86. The van der Waals surface area contributed by atoms with Gasteiger partial charge in [-0.15, -0.1) is 0 Å². The fraction of sp³-hybridized carbons (Fsp3) is 0.655. The van der Waals surface area contributed by atoms with Gasteiger partial charge in [0, 0.05) is 37.8 Å². The van der Waals surface area contributed by atoms with E-state index >= 15 is 8.78 Å². The summed E-state index contributed by atoms with van der Waals surface area (Å²) in [6.07, 6.45) is 3.55. The summed E-state index contributed by atoms with van der Waals surface area (Å²) in [5.74, 6) is 0.607. The number of piperidine rings is 2. The van der Waals surface area contributed by atoms with Crippen LogP contribution in [-0.4, -0.2) is 67.2 Å². The molecular weight excluding hydrogens is 520 g/mol. The number of benzene rings is 1. The highest BCUT2D eigenvalue weighted by Gasteiger charge is 2.39. The minimum atomic E-state index is -1.65. The molecule has 1 aromatic heterocycles. The number of aromatic nitrogens is 1. The number of nitrogens with one attached hydrogen (secondary N) is 3. The van der Waals surface area contributed by atoms with Gasteiger partial charge in [-0.05, 0) is 75.1 Å². The van der Waals surface area contributed by atoms with E-state index in [1.54, 1.807) is 4.90 Å². The Morgan fingerprint density at radius 3 is 2.40 bits per heavy atom. The van der Waals surface area contributed by atoms with Crippen LogP contribution in [0.3, 0.4) is 0 Å². The Balaban J connectivity index is 0.000000242. The van der Waals surface area contributed by atoms with E-state index in [-0.39, 0.29) is 28.7 Å². The van der Waals surface area contributed by atoms with Gasteiger partial charge in [-0.2, -0.15) is 0 Å². The van der Waals surface area contributed by atoms with Gasteiger partial charge in [0.25, 0.3) is 0 Å². The molecule has 5 aliphatic rings. The van der Waals surface area contributed by atoms with E-state index in [0.717, 1.165) is 49.8 Å². The van der Waals surface area contributed by atoms with E-state index in [1.165, 1.54) is 36.8 Å². The summed E-state index contributed by atoms with van der Waals surface area (Å²) in [5, 5.41) is 19.1. The van der Waals surface area contributed by atoms with Crippen molar-refractivity contribution in [2.24, 2.45) is 23.7 Å². The van der Waals surface area contributed by atoms with Crippen LogP contribution in [-0.2, 0) is 0 Å². The lowest BCUT2D eigenvalue weighted by Crippen LogP contribution is -2.44. The largest absolute Gasteiger partial charge is 0.511 e. The van der Waals surface area contributed by atoms with Crippen LogP contribution in [0.5, 0.6) is 5.75 Å². The number of hydrogen-bond donors (Lipinski definition) is 4. The molecule has 1 aliphatic carbocycles. The van der Waals surface area contributed by atoms with Crippen LogP contribution in [0.15, 0.2) is 17.1 Å². The van der Waals surface area contributed by atoms with E-state index in [2.05, 4.69) is 34.5 Å². The van der Waals surface area contributed by atoms with Crippen molar-refractivity contribution in [3.8, 4) is 5.75 Å². The van der Waals surface area contributed by atoms with E-state index in [1.807, 2.05) is 0 Å². The minimum Gasteiger partial charge on any atom is -0.449 e. The number of nitrogens with zero attached hydrogens (tertiary/aromatic N) is 2. The van der Waals surface area contributed by atoms with E-state index in [9.17, 15) is 9.59 Å². The second-order valence-electron chi connectivity index (χ2n) is 12.5. The average Bonchev–Trinajstić information content (AvgIpc) is 3.50. The van der Waals surface area contributed by atoms with Crippen molar-refractivity contribution in [2.45, 2.75) is 57.7 Å². The third-order valence-corrected chi connectivity index (χ3v) is 9.25. The fourth-order valence-corrected chi connectivity index (χ4v) is 7.15. The van der Waals surface area contributed by atoms with Crippen molar-refractivity contribution >= 4 is 22.7 Å². The summed E-state index contributed by atoms with van der Waals surface area (Å²) in [6.45, 7) is 10.1. The lowest BCUT2D eigenvalue weighted by molar-refractivity contribution is 0.143. The Hall–Kier alpha value is -2.76. The monoisotopic (exact) mass is 559 g/mol. The van der Waals surface area contributed by atoms with Gasteiger partial charge in [-0.1, -0.05) is 13.8 Å². The highest BCUT2D eigenvalue weighted by atomic mass is 19.1. The van der Waals surface area contributed by atoms with Crippen LogP contribution in [0.1, 0.15) is 45.6 Å². The topological polar surface area (TPSA) is 108 Å². The molecule has 0 amide bonds. The molecule has 0 bridgehead atoms. The van der Waals surface area contributed by atoms with Crippen molar-refractivity contribution in [2.75, 3.05) is 44.2 Å². The minimum absolute atomic E-state index is 0.00726. The van der Waals surface area contributed by atoms with Gasteiger partial charge in [-0.3, -0.25) is 4.79 Å². The molecule has 1 saturated carbocycles. The maximum Gasteiger partial charge on any atom is 0.511 e. The number of carbonyl (C=O) groups is 1. The van der Waals surface area contributed by atoms with Crippen molar-refractivity contribution in [3.63, 3.8) is 0 Å². The summed E-state index contributed by atoms with van der Waals surface area (Å²) < 4.78 is 36.9. The lowest BCUT2D eigenvalue weighted by Gasteiger charge is -2.30. The predicted octanol–water partition coefficient (Wildman–Crippen LogP) is 3.31. The number of rotatable bonds is 3. The normalized spacial score (nSPS) is 31.4. The van der Waals surface area contributed by atoms with Gasteiger partial charge < -0.3 is 35.3 Å². The van der Waals surface area contributed by atoms with Crippen molar-refractivity contribution < 1.29 is 23.4 Å². The fourth-order valence-electron chi connectivity index (χ4n) is 7.15. The molecule has 218 valence electrons. The molecule has 11 heteroatoms. The number of hydrogen-bond acceptors (Lipinski definition) is 7. The maximum atomic E-state index is 15.7. The SMILES string of the molecule is CC1CNC2CN(c3c(F)cc4c(=O)c(OC(=O)O)cn(C5CC5)c4c3F)CC2C1.CC1CNC2CNCC2C1. The molecule has 6 atom stereocenters. The second kappa shape index (κ2) is 10.9.